The summed E-state index contributed by atoms with van der Waals surface area (Å²) in [5.74, 6) is 5.84. The molecule has 26 rings (SSSR count). The molecule has 1 aromatic heterocycles. The van der Waals surface area contributed by atoms with Crippen molar-refractivity contribution in [2.45, 2.75) is 164 Å². The number of piperidine rings is 15. The highest BCUT2D eigenvalue weighted by Crippen LogP contribution is 2.53. The molecule has 0 aliphatic carbocycles. The van der Waals surface area contributed by atoms with Gasteiger partial charge < -0.3 is 64.4 Å². The first kappa shape index (κ1) is 93.8. The van der Waals surface area contributed by atoms with E-state index in [-0.39, 0.29) is 34.5 Å². The Morgan fingerprint density at radius 3 is 1.06 bits per heavy atom. The highest BCUT2D eigenvalue weighted by Gasteiger charge is 2.53. The van der Waals surface area contributed by atoms with Crippen LogP contribution in [0, 0.1) is 78.8 Å². The molecular weight excluding hydrogens is 1650 g/mol. The van der Waals surface area contributed by atoms with E-state index in [1.807, 2.05) is 146 Å². The second-order valence-corrected chi connectivity index (χ2v) is 40.4. The van der Waals surface area contributed by atoms with Crippen molar-refractivity contribution in [3.05, 3.63) is 356 Å². The fourth-order valence-electron chi connectivity index (χ4n) is 25.3. The molecular formula is C115H144ClFN6O8. The van der Waals surface area contributed by atoms with E-state index in [1.165, 1.54) is 126 Å². The van der Waals surface area contributed by atoms with Crippen LogP contribution in [0.4, 0.5) is 4.39 Å². The molecule has 0 radical (unpaired) electrons. The summed E-state index contributed by atoms with van der Waals surface area (Å²) in [4.78, 5) is 12.6. The first-order chi connectivity index (χ1) is 63.7. The smallest absolute Gasteiger partial charge is 0.166 e. The van der Waals surface area contributed by atoms with Crippen molar-refractivity contribution < 1.29 is 48.6 Å². The normalized spacial score (nSPS) is 27.1. The Hall–Kier alpha value is -9.01. The minimum atomic E-state index is -0.955. The van der Waals surface area contributed by atoms with Crippen LogP contribution in [0.3, 0.4) is 0 Å². The van der Waals surface area contributed by atoms with Crippen molar-refractivity contribution >= 4 is 11.6 Å². The molecule has 10 atom stereocenters. The van der Waals surface area contributed by atoms with E-state index in [9.17, 15) is 35.0 Å². The number of hydrogen-bond acceptors (Lipinski definition) is 14. The van der Waals surface area contributed by atoms with E-state index < -0.39 is 28.0 Å². The molecule has 0 spiro atoms. The minimum absolute atomic E-state index is 0. The summed E-state index contributed by atoms with van der Waals surface area (Å²) in [5, 5.41) is 74.2. The number of methoxy groups -OCH3 is 1. The van der Waals surface area contributed by atoms with E-state index >= 15 is 0 Å². The van der Waals surface area contributed by atoms with E-state index in [4.69, 9.17) is 20.9 Å². The van der Waals surface area contributed by atoms with Crippen molar-refractivity contribution in [2.75, 3.05) is 105 Å². The maximum atomic E-state index is 13.7. The molecule has 10 aromatic carbocycles. The van der Waals surface area contributed by atoms with Crippen LogP contribution in [-0.2, 0) is 66.7 Å². The molecule has 16 heterocycles. The zero-order valence-corrected chi connectivity index (χ0v) is 78.0. The molecule has 14 nitrogen and oxygen atoms in total. The zero-order chi connectivity index (χ0) is 90.5. The van der Waals surface area contributed by atoms with Gasteiger partial charge in [-0.15, -0.1) is 0 Å². The van der Waals surface area contributed by atoms with Gasteiger partial charge in [0.25, 0.3) is 0 Å². The number of hydrogen-bond donors (Lipinski definition) is 6. The number of aliphatic hydroxyl groups excluding tert-OH is 1. The lowest BCUT2D eigenvalue weighted by Crippen LogP contribution is -2.56. The Balaban J connectivity index is 0.000000134. The summed E-state index contributed by atoms with van der Waals surface area (Å²) >= 11 is 6.19. The SMILES string of the molecule is COc1ccccc1CCC(O)(c1ccccc1)C1CN2CCC1CC2.Cc1cc(Cl)ccc1C(O)(Cc1ccccc1)C1CN2CCC1CC2.Cc1cc(F)ccc1C(O)(Cc1ccccc1)C1CN2CCC1CC2.OC(CCc1ccc(-c2ccno2)cc1)(c1ccccc1)C1CN2CCC1CC2.OCc1ccccc1CCC(O)(c1ccccc1)C1CN2CCC1CC2.[HH].[HH].[HH]. The monoisotopic (exact) mass is 1790 g/mol. The highest BCUT2D eigenvalue weighted by atomic mass is 35.5. The van der Waals surface area contributed by atoms with Crippen LogP contribution in [0.25, 0.3) is 11.3 Å². The highest BCUT2D eigenvalue weighted by molar-refractivity contribution is 6.30. The largest absolute Gasteiger partial charge is 0.496 e. The average Bonchev–Trinajstić information content (AvgIpc) is 0.864. The lowest BCUT2D eigenvalue weighted by molar-refractivity contribution is -0.106. The number of halogens is 2. The van der Waals surface area contributed by atoms with E-state index in [0.29, 0.717) is 60.7 Å². The third-order valence-electron chi connectivity index (χ3n) is 32.6. The third-order valence-corrected chi connectivity index (χ3v) is 32.8. The van der Waals surface area contributed by atoms with Gasteiger partial charge in [0.1, 0.15) is 11.6 Å². The summed E-state index contributed by atoms with van der Waals surface area (Å²) in [7, 11) is 1.72. The maximum absolute atomic E-state index is 13.7. The third kappa shape index (κ3) is 21.5. The van der Waals surface area contributed by atoms with E-state index in [0.717, 1.165) is 168 Å². The maximum Gasteiger partial charge on any atom is 0.166 e. The topological polar surface area (TPSA) is 173 Å². The lowest BCUT2D eigenvalue weighted by atomic mass is 9.65. The molecule has 131 heavy (non-hydrogen) atoms. The summed E-state index contributed by atoms with van der Waals surface area (Å²) < 4.78 is 24.4. The minimum Gasteiger partial charge on any atom is -0.496 e. The van der Waals surface area contributed by atoms with Crippen molar-refractivity contribution in [3.8, 4) is 17.1 Å². The van der Waals surface area contributed by atoms with E-state index in [2.05, 4.69) is 146 Å². The predicted octanol–water partition coefficient (Wildman–Crippen LogP) is 20.8. The Labute approximate surface area is 787 Å². The number of aryl methyl sites for hydroxylation is 5. The first-order valence-corrected chi connectivity index (χ1v) is 49.4. The van der Waals surface area contributed by atoms with Crippen LogP contribution in [0.15, 0.2) is 278 Å². The van der Waals surface area contributed by atoms with Gasteiger partial charge in [0.2, 0.25) is 0 Å². The molecule has 0 amide bonds. The van der Waals surface area contributed by atoms with Crippen LogP contribution in [0.5, 0.6) is 5.75 Å². The van der Waals surface area contributed by atoms with Crippen LogP contribution in [0.2, 0.25) is 5.02 Å². The number of rotatable bonds is 26. The predicted molar refractivity (Wildman–Crippen MR) is 528 cm³/mol. The molecule has 15 saturated heterocycles. The van der Waals surface area contributed by atoms with Gasteiger partial charge in [0, 0.05) is 96.1 Å². The van der Waals surface area contributed by atoms with Crippen molar-refractivity contribution in [3.63, 3.8) is 0 Å². The summed E-state index contributed by atoms with van der Waals surface area (Å²) in [6, 6.07) is 88.7. The summed E-state index contributed by atoms with van der Waals surface area (Å²) in [6.07, 6.45) is 19.5. The standard InChI is InChI=1S/C25H28N2O2.2C23H29NO2.C22H26ClNO.C22H26FNO.3H2/c28-25(22-4-2-1-3-5-22,23-18-27-16-12-20(23)13-17-27)14-10-19-6-8-21(9-7-19)24-11-15-26-29-24;1-26-22-10-6-5-7-19(22)11-14-23(25,20-8-3-2-4-9-20)21-17-24-15-12-18(21)13-16-24;25-17-20-7-5-4-6-18(20)10-13-23(26,21-8-2-1-3-9-21)22-16-24-14-11-19(22)12-15-24;2*1-16-13-19(23)7-8-20(16)22(25,14-17-5-3-2-4-6-17)21-15-24-11-9-18(21)10-12-24;;;/h1-9,11,15,20,23,28H,10,12-14,16-18H2;2-10,18,21,25H,11-17H2,1H3;1-9,19,22,25-26H,10-17H2;2*2-8,13,18,21,25H,9-12,14-15H2,1H3;3*1H. The number of aromatic nitrogens is 1. The molecule has 15 fully saturated rings. The number of nitrogens with zero attached hydrogens (tertiary/aromatic N) is 6. The van der Waals surface area contributed by atoms with Gasteiger partial charge >= 0.3 is 0 Å². The Morgan fingerprint density at radius 1 is 0.374 bits per heavy atom. The summed E-state index contributed by atoms with van der Waals surface area (Å²) in [5.41, 5.74) is 10.7. The average molecular weight is 1790 g/mol. The fraction of sp³-hybridized carbons (Fsp3) is 0.452. The first-order valence-electron chi connectivity index (χ1n) is 49.1. The van der Waals surface area contributed by atoms with Crippen molar-refractivity contribution in [2.24, 2.45) is 59.2 Å². The number of para-hydroxylation sites is 1. The fourth-order valence-corrected chi connectivity index (χ4v) is 25.5. The molecule has 16 heteroatoms. The number of benzene rings is 10. The molecule has 696 valence electrons. The van der Waals surface area contributed by atoms with Gasteiger partial charge in [-0.2, -0.15) is 0 Å². The Morgan fingerprint density at radius 2 is 0.710 bits per heavy atom. The van der Waals surface area contributed by atoms with Gasteiger partial charge in [-0.05, 0) is 314 Å². The number of ether oxygens (including phenoxy) is 1. The molecule has 15 aliphatic heterocycles. The van der Waals surface area contributed by atoms with Crippen LogP contribution < -0.4 is 4.74 Å². The second-order valence-electron chi connectivity index (χ2n) is 40.0. The lowest BCUT2D eigenvalue weighted by Gasteiger charge is -2.51. The van der Waals surface area contributed by atoms with Crippen LogP contribution in [-0.4, -0.2) is 166 Å². The molecule has 0 saturated carbocycles. The van der Waals surface area contributed by atoms with Crippen LogP contribution >= 0.6 is 11.6 Å². The number of aliphatic hydroxyl groups is 6. The molecule has 10 bridgehead atoms. The molecule has 11 aromatic rings. The summed E-state index contributed by atoms with van der Waals surface area (Å²) in [6.45, 7) is 20.8. The van der Waals surface area contributed by atoms with Gasteiger partial charge in [0.15, 0.2) is 5.76 Å². The van der Waals surface area contributed by atoms with Crippen LogP contribution in [0.1, 0.15) is 160 Å². The Bertz CT molecular complexity index is 5160. The zero-order valence-electron chi connectivity index (χ0n) is 77.2. The van der Waals surface area contributed by atoms with Gasteiger partial charge in [-0.25, -0.2) is 4.39 Å². The molecule has 10 unspecified atom stereocenters. The number of fused-ring (bicyclic) bond motifs is 15. The molecule has 15 aliphatic rings. The van der Waals surface area contributed by atoms with Gasteiger partial charge in [-0.3, -0.25) is 0 Å². The van der Waals surface area contributed by atoms with Crippen molar-refractivity contribution in [1.82, 2.24) is 29.7 Å². The Kier molecular flexibility index (Phi) is 30.6. The second kappa shape index (κ2) is 42.7. The quantitative estimate of drug-likeness (QED) is 0.0302. The molecule has 6 N–H and O–H groups in total. The van der Waals surface area contributed by atoms with Crippen molar-refractivity contribution in [1.29, 1.82) is 0 Å². The van der Waals surface area contributed by atoms with Gasteiger partial charge in [-0.1, -0.05) is 247 Å². The van der Waals surface area contributed by atoms with Gasteiger partial charge in [0.05, 0.1) is 47.9 Å². The van der Waals surface area contributed by atoms with E-state index in [1.54, 1.807) is 25.4 Å².